The first-order valence-electron chi connectivity index (χ1n) is 13.2. The van der Waals surface area contributed by atoms with Crippen molar-refractivity contribution in [2.75, 3.05) is 0 Å². The van der Waals surface area contributed by atoms with Crippen LogP contribution < -0.4 is 0 Å². The average molecular weight is 503 g/mol. The first kappa shape index (κ1) is 24.4. The fraction of sp³-hybridized carbons (Fsp3) is 0.786. The van der Waals surface area contributed by atoms with Crippen molar-refractivity contribution >= 4 is 11.9 Å². The highest BCUT2D eigenvalue weighted by molar-refractivity contribution is 5.82. The number of furan rings is 1. The van der Waals surface area contributed by atoms with Gasteiger partial charge >= 0.3 is 11.9 Å². The summed E-state index contributed by atoms with van der Waals surface area (Å²) in [6.07, 6.45) is 2.17. The Morgan fingerprint density at radius 3 is 2.42 bits per heavy atom. The second-order valence-electron chi connectivity index (χ2n) is 13.2. The van der Waals surface area contributed by atoms with Gasteiger partial charge in [-0.2, -0.15) is 0 Å². The number of aliphatic hydroxyl groups excluding tert-OH is 2. The molecule has 8 nitrogen and oxygen atoms in total. The van der Waals surface area contributed by atoms with Crippen LogP contribution >= 0.6 is 0 Å². The van der Waals surface area contributed by atoms with E-state index < -0.39 is 63.8 Å². The van der Waals surface area contributed by atoms with E-state index in [-0.39, 0.29) is 17.8 Å². The fourth-order valence-corrected chi connectivity index (χ4v) is 9.83. The van der Waals surface area contributed by atoms with Gasteiger partial charge in [0.15, 0.2) is 6.10 Å². The predicted octanol–water partition coefficient (Wildman–Crippen LogP) is 3.55. The van der Waals surface area contributed by atoms with Crippen molar-refractivity contribution in [3.05, 3.63) is 24.2 Å². The summed E-state index contributed by atoms with van der Waals surface area (Å²) < 4.78 is 23.7. The monoisotopic (exact) mass is 502 g/mol. The van der Waals surface area contributed by atoms with Gasteiger partial charge in [0, 0.05) is 35.2 Å². The molecule has 0 radical (unpaired) electrons. The van der Waals surface area contributed by atoms with Gasteiger partial charge in [0.05, 0.1) is 24.7 Å². The third-order valence-electron chi connectivity index (χ3n) is 11.7. The zero-order valence-electron chi connectivity index (χ0n) is 21.9. The number of ether oxygens (including phenoxy) is 3. The topological polar surface area (TPSA) is 119 Å². The SMILES string of the molecule is CC(=O)O[C@H]1C[C@H](O)C(C)(C)[C@@H]2C[C@@H](O)[C@]3(C)[C@H](CC[C@@]4(C)[C@H](c5ccoc5)OC(=O)[C@@H]5O[C@@]534)[C@]12C. The number of esters is 2. The number of carbonyl (C=O) groups excluding carboxylic acids is 2. The lowest BCUT2D eigenvalue weighted by Crippen LogP contribution is -2.75. The number of hydrogen-bond acceptors (Lipinski definition) is 8. The van der Waals surface area contributed by atoms with Gasteiger partial charge in [-0.25, -0.2) is 4.79 Å². The molecule has 0 unspecified atom stereocenters. The molecular weight excluding hydrogens is 464 g/mol. The number of aliphatic hydroxyl groups is 2. The van der Waals surface area contributed by atoms with E-state index in [1.165, 1.54) is 6.92 Å². The molecule has 2 N–H and O–H groups in total. The summed E-state index contributed by atoms with van der Waals surface area (Å²) in [6, 6.07) is 1.82. The first-order valence-corrected chi connectivity index (χ1v) is 13.2. The van der Waals surface area contributed by atoms with Crippen LogP contribution in [0.5, 0.6) is 0 Å². The van der Waals surface area contributed by atoms with Gasteiger partial charge in [-0.05, 0) is 42.6 Å². The normalized spacial score (nSPS) is 52.7. The molecule has 198 valence electrons. The molecule has 2 aliphatic heterocycles. The summed E-state index contributed by atoms with van der Waals surface area (Å²) in [5.41, 5.74) is -2.52. The van der Waals surface area contributed by atoms with E-state index in [9.17, 15) is 19.8 Å². The average Bonchev–Trinajstić information content (AvgIpc) is 3.37. The van der Waals surface area contributed by atoms with Crippen LogP contribution in [0.1, 0.15) is 78.9 Å². The Hall–Kier alpha value is -1.90. The second kappa shape index (κ2) is 7.14. The molecule has 11 atom stereocenters. The molecule has 3 saturated carbocycles. The quantitative estimate of drug-likeness (QED) is 0.466. The Kier molecular flexibility index (Phi) is 4.85. The van der Waals surface area contributed by atoms with Gasteiger partial charge in [-0.3, -0.25) is 4.79 Å². The van der Waals surface area contributed by atoms with E-state index >= 15 is 0 Å². The molecule has 8 heteroatoms. The van der Waals surface area contributed by atoms with E-state index in [1.807, 2.05) is 6.07 Å². The summed E-state index contributed by atoms with van der Waals surface area (Å²) in [6.45, 7) is 11.8. The Balaban J connectivity index is 1.51. The van der Waals surface area contributed by atoms with Gasteiger partial charge in [0.25, 0.3) is 0 Å². The maximum absolute atomic E-state index is 13.2. The molecule has 6 rings (SSSR count). The fourth-order valence-electron chi connectivity index (χ4n) is 9.83. The van der Waals surface area contributed by atoms with Gasteiger partial charge in [0.2, 0.25) is 0 Å². The van der Waals surface area contributed by atoms with Crippen molar-refractivity contribution in [2.45, 2.75) is 103 Å². The minimum Gasteiger partial charge on any atom is -0.472 e. The molecule has 0 bridgehead atoms. The maximum Gasteiger partial charge on any atom is 0.339 e. The summed E-state index contributed by atoms with van der Waals surface area (Å²) in [5.74, 6) is -0.982. The summed E-state index contributed by atoms with van der Waals surface area (Å²) in [4.78, 5) is 25.4. The zero-order valence-corrected chi connectivity index (χ0v) is 21.9. The van der Waals surface area contributed by atoms with Crippen molar-refractivity contribution in [3.8, 4) is 0 Å². The molecule has 1 aromatic rings. The lowest BCUT2D eigenvalue weighted by atomic mass is 9.34. The van der Waals surface area contributed by atoms with Crippen LogP contribution in [0.25, 0.3) is 0 Å². The standard InChI is InChI=1S/C28H38O8/c1-14(29)34-20-12-18(30)24(2,3)17-11-19(31)27(6)16(26(17,20)5)7-9-25(4)21(15-8-10-33-13-15)35-23(32)22-28(25,27)36-22/h8,10,13,16-22,30-31H,7,9,11-12H2,1-6H3/t16-,17+,18+,19-,20+,21+,22+,25+,26+,27+,28-/m1/s1. The van der Waals surface area contributed by atoms with Crippen LogP contribution in [0, 0.1) is 33.5 Å². The molecule has 3 heterocycles. The van der Waals surface area contributed by atoms with Crippen LogP contribution in [0.4, 0.5) is 0 Å². The number of carbonyl (C=O) groups is 2. The Morgan fingerprint density at radius 2 is 1.78 bits per heavy atom. The van der Waals surface area contributed by atoms with Crippen molar-refractivity contribution < 1.29 is 38.4 Å². The van der Waals surface area contributed by atoms with Crippen LogP contribution in [0.3, 0.4) is 0 Å². The molecule has 3 aliphatic carbocycles. The molecule has 1 aromatic heterocycles. The van der Waals surface area contributed by atoms with Crippen LogP contribution in [0.2, 0.25) is 0 Å². The number of rotatable bonds is 2. The third kappa shape index (κ3) is 2.56. The minimum atomic E-state index is -0.922. The number of epoxide rings is 1. The highest BCUT2D eigenvalue weighted by Gasteiger charge is 2.88. The number of hydrogen-bond donors (Lipinski definition) is 2. The van der Waals surface area contributed by atoms with Crippen molar-refractivity contribution in [2.24, 2.45) is 33.5 Å². The Morgan fingerprint density at radius 1 is 1.06 bits per heavy atom. The molecule has 0 amide bonds. The van der Waals surface area contributed by atoms with Crippen LogP contribution in [0.15, 0.2) is 23.0 Å². The molecular formula is C28H38O8. The van der Waals surface area contributed by atoms with Crippen molar-refractivity contribution in [1.29, 1.82) is 0 Å². The predicted molar refractivity (Wildman–Crippen MR) is 126 cm³/mol. The van der Waals surface area contributed by atoms with E-state index in [0.29, 0.717) is 19.3 Å². The molecule has 2 saturated heterocycles. The maximum atomic E-state index is 13.2. The Labute approximate surface area is 211 Å². The molecule has 1 spiro atoms. The summed E-state index contributed by atoms with van der Waals surface area (Å²) in [5, 5.41) is 23.1. The minimum absolute atomic E-state index is 0.0932. The van der Waals surface area contributed by atoms with Gasteiger partial charge < -0.3 is 28.8 Å². The van der Waals surface area contributed by atoms with E-state index in [0.717, 1.165) is 12.0 Å². The van der Waals surface area contributed by atoms with E-state index in [2.05, 4.69) is 34.6 Å². The first-order chi connectivity index (χ1) is 16.8. The van der Waals surface area contributed by atoms with Gasteiger partial charge in [-0.15, -0.1) is 0 Å². The molecule has 0 aromatic carbocycles. The largest absolute Gasteiger partial charge is 0.472 e. The smallest absolute Gasteiger partial charge is 0.339 e. The number of fused-ring (bicyclic) bond motifs is 3. The van der Waals surface area contributed by atoms with Crippen molar-refractivity contribution in [3.63, 3.8) is 0 Å². The summed E-state index contributed by atoms with van der Waals surface area (Å²) >= 11 is 0. The zero-order chi connectivity index (χ0) is 26.1. The van der Waals surface area contributed by atoms with Gasteiger partial charge in [0.1, 0.15) is 17.8 Å². The number of cyclic esters (lactones) is 1. The Bertz CT molecular complexity index is 1100. The van der Waals surface area contributed by atoms with E-state index in [4.69, 9.17) is 18.6 Å². The summed E-state index contributed by atoms with van der Waals surface area (Å²) in [7, 11) is 0. The second-order valence-corrected chi connectivity index (χ2v) is 13.2. The van der Waals surface area contributed by atoms with E-state index in [1.54, 1.807) is 12.5 Å². The van der Waals surface area contributed by atoms with Crippen LogP contribution in [-0.2, 0) is 23.8 Å². The lowest BCUT2D eigenvalue weighted by molar-refractivity contribution is -0.295. The van der Waals surface area contributed by atoms with Crippen LogP contribution in [-0.4, -0.2) is 52.2 Å². The van der Waals surface area contributed by atoms with Gasteiger partial charge in [-0.1, -0.05) is 34.6 Å². The molecule has 5 fully saturated rings. The molecule has 36 heavy (non-hydrogen) atoms. The highest BCUT2D eigenvalue weighted by atomic mass is 16.7. The highest BCUT2D eigenvalue weighted by Crippen LogP contribution is 2.80. The molecule has 5 aliphatic rings. The third-order valence-corrected chi connectivity index (χ3v) is 11.7. The van der Waals surface area contributed by atoms with Crippen molar-refractivity contribution in [1.82, 2.24) is 0 Å². The lowest BCUT2D eigenvalue weighted by Gasteiger charge is -2.71.